The molecule has 2 saturated heterocycles. The number of benzene rings is 1. The molecule has 0 radical (unpaired) electrons. The van der Waals surface area contributed by atoms with Crippen molar-refractivity contribution in [3.8, 4) is 5.75 Å². The van der Waals surface area contributed by atoms with Gasteiger partial charge in [0.15, 0.2) is 5.78 Å². The lowest BCUT2D eigenvalue weighted by atomic mass is 9.99. The van der Waals surface area contributed by atoms with E-state index >= 15 is 0 Å². The van der Waals surface area contributed by atoms with Crippen LogP contribution in [0.2, 0.25) is 0 Å². The van der Waals surface area contributed by atoms with E-state index in [-0.39, 0.29) is 30.6 Å². The van der Waals surface area contributed by atoms with Crippen LogP contribution < -0.4 is 15.4 Å². The maximum atomic E-state index is 12.2. The third-order valence-electron chi connectivity index (χ3n) is 5.07. The van der Waals surface area contributed by atoms with Crippen LogP contribution in [0.5, 0.6) is 5.75 Å². The largest absolute Gasteiger partial charge is 0.494 e. The number of ketones is 1. The number of ether oxygens (including phenoxy) is 1. The number of carbonyl (C=O) groups excluding carboxylic acids is 2. The molecule has 2 aliphatic heterocycles. The molecule has 0 spiro atoms. The van der Waals surface area contributed by atoms with Crippen molar-refractivity contribution in [2.75, 3.05) is 6.61 Å². The molecule has 2 fully saturated rings. The first-order valence-corrected chi connectivity index (χ1v) is 9.45. The Labute approximate surface area is 149 Å². The summed E-state index contributed by atoms with van der Waals surface area (Å²) in [6, 6.07) is 8.54. The number of hydrogen-bond donors (Lipinski definition) is 2. The Hall–Kier alpha value is -1.88. The molecule has 1 aromatic rings. The second-order valence-corrected chi connectivity index (χ2v) is 7.17. The summed E-state index contributed by atoms with van der Waals surface area (Å²) < 4.78 is 5.51. The van der Waals surface area contributed by atoms with E-state index in [1.54, 1.807) is 12.1 Å². The minimum absolute atomic E-state index is 0.00238. The quantitative estimate of drug-likeness (QED) is 0.712. The fourth-order valence-electron chi connectivity index (χ4n) is 3.80. The summed E-state index contributed by atoms with van der Waals surface area (Å²) in [7, 11) is 0. The molecule has 0 saturated carbocycles. The summed E-state index contributed by atoms with van der Waals surface area (Å²) in [5.41, 5.74) is 0.636. The maximum absolute atomic E-state index is 12.2. The lowest BCUT2D eigenvalue weighted by molar-refractivity contribution is -0.122. The number of hydrogen-bond acceptors (Lipinski definition) is 4. The smallest absolute Gasteiger partial charge is 0.220 e. The number of rotatable bonds is 8. The van der Waals surface area contributed by atoms with Crippen LogP contribution in [0.15, 0.2) is 24.3 Å². The molecule has 2 unspecified atom stereocenters. The van der Waals surface area contributed by atoms with Crippen molar-refractivity contribution < 1.29 is 14.3 Å². The third-order valence-corrected chi connectivity index (χ3v) is 5.07. The molecule has 5 nitrogen and oxygen atoms in total. The Morgan fingerprint density at radius 3 is 2.44 bits per heavy atom. The van der Waals surface area contributed by atoms with E-state index in [0.29, 0.717) is 24.3 Å². The predicted molar refractivity (Wildman–Crippen MR) is 96.9 cm³/mol. The van der Waals surface area contributed by atoms with Crippen LogP contribution in [0.3, 0.4) is 0 Å². The fourth-order valence-corrected chi connectivity index (χ4v) is 3.80. The van der Waals surface area contributed by atoms with Crippen molar-refractivity contribution in [3.05, 3.63) is 29.8 Å². The van der Waals surface area contributed by atoms with Gasteiger partial charge in [0, 0.05) is 36.5 Å². The van der Waals surface area contributed by atoms with Gasteiger partial charge in [0.25, 0.3) is 0 Å². The van der Waals surface area contributed by atoms with Crippen molar-refractivity contribution in [1.29, 1.82) is 0 Å². The Morgan fingerprint density at radius 2 is 1.80 bits per heavy atom. The normalized spacial score (nSPS) is 24.8. The molecule has 25 heavy (non-hydrogen) atoms. The van der Waals surface area contributed by atoms with Gasteiger partial charge in [-0.3, -0.25) is 9.59 Å². The second-order valence-electron chi connectivity index (χ2n) is 7.17. The average Bonchev–Trinajstić information content (AvgIpc) is 2.96. The molecule has 2 bridgehead atoms. The number of fused-ring (bicyclic) bond motifs is 2. The van der Waals surface area contributed by atoms with E-state index in [1.165, 1.54) is 12.8 Å². The standard InChI is InChI=1S/C20H28N2O3/c1-2-11-25-18-7-3-14(4-8-18)19(23)9-10-20(24)22-17-12-15-5-6-16(13-17)21-15/h3-4,7-8,15-17,21H,2,5-6,9-13H2,1H3,(H,22,24). The summed E-state index contributed by atoms with van der Waals surface area (Å²) >= 11 is 0. The molecule has 136 valence electrons. The van der Waals surface area contributed by atoms with E-state index < -0.39 is 0 Å². The van der Waals surface area contributed by atoms with Gasteiger partial charge < -0.3 is 15.4 Å². The predicted octanol–water partition coefficient (Wildman–Crippen LogP) is 2.84. The summed E-state index contributed by atoms with van der Waals surface area (Å²) in [6.45, 7) is 2.73. The molecule has 0 aromatic heterocycles. The summed E-state index contributed by atoms with van der Waals surface area (Å²) in [4.78, 5) is 24.4. The van der Waals surface area contributed by atoms with Crippen molar-refractivity contribution in [3.63, 3.8) is 0 Å². The monoisotopic (exact) mass is 344 g/mol. The number of carbonyl (C=O) groups is 2. The maximum Gasteiger partial charge on any atom is 0.220 e. The first-order valence-electron chi connectivity index (χ1n) is 9.45. The summed E-state index contributed by atoms with van der Waals surface area (Å²) in [6.07, 6.45) is 5.91. The number of amides is 1. The molecular formula is C20H28N2O3. The molecule has 2 aliphatic rings. The average molecular weight is 344 g/mol. The Bertz CT molecular complexity index is 587. The first-order chi connectivity index (χ1) is 12.1. The van der Waals surface area contributed by atoms with Gasteiger partial charge in [-0.1, -0.05) is 6.92 Å². The van der Waals surface area contributed by atoms with Gasteiger partial charge in [0.1, 0.15) is 5.75 Å². The number of nitrogens with one attached hydrogen (secondary N) is 2. The van der Waals surface area contributed by atoms with Crippen molar-refractivity contribution in [2.45, 2.75) is 70.0 Å². The Morgan fingerprint density at radius 1 is 1.12 bits per heavy atom. The van der Waals surface area contributed by atoms with E-state index in [2.05, 4.69) is 17.6 Å². The third kappa shape index (κ3) is 5.05. The molecular weight excluding hydrogens is 316 g/mol. The number of piperidine rings is 1. The zero-order chi connectivity index (χ0) is 17.6. The van der Waals surface area contributed by atoms with Crippen molar-refractivity contribution in [2.24, 2.45) is 0 Å². The molecule has 5 heteroatoms. The highest BCUT2D eigenvalue weighted by Crippen LogP contribution is 2.26. The summed E-state index contributed by atoms with van der Waals surface area (Å²) in [5, 5.41) is 6.67. The van der Waals surface area contributed by atoms with Gasteiger partial charge in [0.2, 0.25) is 5.91 Å². The highest BCUT2D eigenvalue weighted by molar-refractivity contribution is 5.98. The summed E-state index contributed by atoms with van der Waals surface area (Å²) in [5.74, 6) is 0.766. The fraction of sp³-hybridized carbons (Fsp3) is 0.600. The highest BCUT2D eigenvalue weighted by Gasteiger charge is 2.33. The Kier molecular flexibility index (Phi) is 6.08. The molecule has 2 N–H and O–H groups in total. The van der Waals surface area contributed by atoms with E-state index in [4.69, 9.17) is 4.74 Å². The lowest BCUT2D eigenvalue weighted by Gasteiger charge is -2.29. The van der Waals surface area contributed by atoms with Crippen LogP contribution in [-0.2, 0) is 4.79 Å². The SMILES string of the molecule is CCCOc1ccc(C(=O)CCC(=O)NC2CC3CCC(C2)N3)cc1. The molecule has 1 aromatic carbocycles. The van der Waals surface area contributed by atoms with Crippen LogP contribution in [0.25, 0.3) is 0 Å². The highest BCUT2D eigenvalue weighted by atomic mass is 16.5. The minimum atomic E-state index is -0.0115. The first kappa shape index (κ1) is 17.9. The molecule has 2 heterocycles. The zero-order valence-electron chi connectivity index (χ0n) is 14.9. The van der Waals surface area contributed by atoms with Crippen LogP contribution in [0.1, 0.15) is 62.2 Å². The minimum Gasteiger partial charge on any atom is -0.494 e. The van der Waals surface area contributed by atoms with Gasteiger partial charge in [0.05, 0.1) is 6.61 Å². The topological polar surface area (TPSA) is 67.4 Å². The van der Waals surface area contributed by atoms with Gasteiger partial charge in [-0.15, -0.1) is 0 Å². The van der Waals surface area contributed by atoms with Gasteiger partial charge in [-0.25, -0.2) is 0 Å². The molecule has 2 atom stereocenters. The van der Waals surface area contributed by atoms with Crippen molar-refractivity contribution >= 4 is 11.7 Å². The van der Waals surface area contributed by atoms with E-state index in [1.807, 2.05) is 12.1 Å². The second kappa shape index (κ2) is 8.48. The molecule has 0 aliphatic carbocycles. The Balaban J connectivity index is 1.41. The van der Waals surface area contributed by atoms with E-state index in [9.17, 15) is 9.59 Å². The van der Waals surface area contributed by atoms with Gasteiger partial charge in [-0.2, -0.15) is 0 Å². The lowest BCUT2D eigenvalue weighted by Crippen LogP contribution is -2.48. The molecule has 3 rings (SSSR count). The zero-order valence-corrected chi connectivity index (χ0v) is 14.9. The molecule has 1 amide bonds. The van der Waals surface area contributed by atoms with Crippen LogP contribution in [0, 0.1) is 0 Å². The van der Waals surface area contributed by atoms with Crippen LogP contribution >= 0.6 is 0 Å². The van der Waals surface area contributed by atoms with Gasteiger partial charge >= 0.3 is 0 Å². The van der Waals surface area contributed by atoms with Crippen molar-refractivity contribution in [1.82, 2.24) is 10.6 Å². The van der Waals surface area contributed by atoms with E-state index in [0.717, 1.165) is 25.0 Å². The van der Waals surface area contributed by atoms with Crippen LogP contribution in [-0.4, -0.2) is 36.4 Å². The number of Topliss-reactive ketones (excluding diaryl/α,β-unsaturated/α-hetero) is 1. The van der Waals surface area contributed by atoms with Crippen LogP contribution in [0.4, 0.5) is 0 Å². The van der Waals surface area contributed by atoms with Gasteiger partial charge in [-0.05, 0) is 56.4 Å².